The van der Waals surface area contributed by atoms with Gasteiger partial charge < -0.3 is 10.1 Å². The molecule has 82 valence electrons. The summed E-state index contributed by atoms with van der Waals surface area (Å²) in [6.45, 7) is 0.140. The van der Waals surface area contributed by atoms with Crippen molar-refractivity contribution in [2.45, 2.75) is 38.5 Å². The number of H-pyrrole nitrogens is 1. The van der Waals surface area contributed by atoms with Crippen LogP contribution in [0.15, 0.2) is 4.79 Å². The molecule has 15 heavy (non-hydrogen) atoms. The summed E-state index contributed by atoms with van der Waals surface area (Å²) in [6, 6.07) is 0. The van der Waals surface area contributed by atoms with Crippen molar-refractivity contribution in [3.8, 4) is 0 Å². The number of nitrogens with one attached hydrogen (secondary N) is 1. The van der Waals surface area contributed by atoms with Crippen LogP contribution < -0.4 is 5.56 Å². The molecule has 1 aromatic rings. The third-order valence-electron chi connectivity index (χ3n) is 2.81. The van der Waals surface area contributed by atoms with Gasteiger partial charge in [0, 0.05) is 18.6 Å². The molecular formula is C11H16N2O2. The molecule has 0 aromatic carbocycles. The number of aliphatic hydroxyl groups is 1. The third-order valence-corrected chi connectivity index (χ3v) is 2.81. The fraction of sp³-hybridized carbons (Fsp3) is 0.636. The first kappa shape index (κ1) is 10.4. The fourth-order valence-corrected chi connectivity index (χ4v) is 2.02. The van der Waals surface area contributed by atoms with Gasteiger partial charge in [-0.05, 0) is 32.1 Å². The molecule has 4 heteroatoms. The standard InChI is InChI=1S/C11H16N2O2/c14-7-3-6-10-12-9-5-2-1-4-8(9)11(15)13-10/h14H,1-7H2,(H,12,13,15). The van der Waals surface area contributed by atoms with Crippen LogP contribution >= 0.6 is 0 Å². The van der Waals surface area contributed by atoms with Gasteiger partial charge in [-0.2, -0.15) is 0 Å². The molecule has 1 aliphatic rings. The van der Waals surface area contributed by atoms with Gasteiger partial charge in [0.15, 0.2) is 0 Å². The molecule has 1 aromatic heterocycles. The molecule has 0 bridgehead atoms. The van der Waals surface area contributed by atoms with Crippen molar-refractivity contribution < 1.29 is 5.11 Å². The maximum Gasteiger partial charge on any atom is 0.254 e. The Hall–Kier alpha value is -1.16. The molecule has 0 saturated heterocycles. The molecule has 0 unspecified atom stereocenters. The van der Waals surface area contributed by atoms with Gasteiger partial charge in [0.05, 0.1) is 5.69 Å². The summed E-state index contributed by atoms with van der Waals surface area (Å²) in [5.41, 5.74) is 1.86. The first-order valence-corrected chi connectivity index (χ1v) is 5.53. The molecular weight excluding hydrogens is 192 g/mol. The normalized spacial score (nSPS) is 15.0. The molecule has 0 saturated carbocycles. The van der Waals surface area contributed by atoms with Crippen LogP contribution in [0, 0.1) is 0 Å². The summed E-state index contributed by atoms with van der Waals surface area (Å²) in [5, 5.41) is 8.72. The number of aromatic amines is 1. The van der Waals surface area contributed by atoms with E-state index in [1.165, 1.54) is 0 Å². The van der Waals surface area contributed by atoms with Crippen LogP contribution in [0.25, 0.3) is 0 Å². The van der Waals surface area contributed by atoms with E-state index in [0.717, 1.165) is 42.8 Å². The lowest BCUT2D eigenvalue weighted by atomic mass is 9.97. The summed E-state index contributed by atoms with van der Waals surface area (Å²) < 4.78 is 0. The van der Waals surface area contributed by atoms with Crippen molar-refractivity contribution in [3.63, 3.8) is 0 Å². The predicted octanol–water partition coefficient (Wildman–Crippen LogP) is 0.574. The number of aliphatic hydroxyl groups excluding tert-OH is 1. The first-order valence-electron chi connectivity index (χ1n) is 5.53. The largest absolute Gasteiger partial charge is 0.396 e. The summed E-state index contributed by atoms with van der Waals surface area (Å²) in [7, 11) is 0. The van der Waals surface area contributed by atoms with E-state index in [9.17, 15) is 4.79 Å². The number of hydrogen-bond acceptors (Lipinski definition) is 3. The molecule has 4 nitrogen and oxygen atoms in total. The van der Waals surface area contributed by atoms with E-state index >= 15 is 0 Å². The average molecular weight is 208 g/mol. The van der Waals surface area contributed by atoms with E-state index in [1.807, 2.05) is 0 Å². The Bertz CT molecular complexity index is 398. The number of fused-ring (bicyclic) bond motifs is 1. The van der Waals surface area contributed by atoms with E-state index in [-0.39, 0.29) is 12.2 Å². The minimum Gasteiger partial charge on any atom is -0.396 e. The second-order valence-corrected chi connectivity index (χ2v) is 3.97. The molecule has 0 radical (unpaired) electrons. The van der Waals surface area contributed by atoms with Crippen LogP contribution in [0.2, 0.25) is 0 Å². The van der Waals surface area contributed by atoms with Crippen molar-refractivity contribution in [3.05, 3.63) is 27.4 Å². The summed E-state index contributed by atoms with van der Waals surface area (Å²) in [5.74, 6) is 0.717. The zero-order valence-corrected chi connectivity index (χ0v) is 8.75. The Morgan fingerprint density at radius 3 is 2.93 bits per heavy atom. The van der Waals surface area contributed by atoms with E-state index in [1.54, 1.807) is 0 Å². The zero-order chi connectivity index (χ0) is 10.7. The lowest BCUT2D eigenvalue weighted by Gasteiger charge is -2.14. The van der Waals surface area contributed by atoms with Gasteiger partial charge in [-0.3, -0.25) is 4.79 Å². The number of nitrogens with zero attached hydrogens (tertiary/aromatic N) is 1. The lowest BCUT2D eigenvalue weighted by Crippen LogP contribution is -2.23. The van der Waals surface area contributed by atoms with Gasteiger partial charge >= 0.3 is 0 Å². The summed E-state index contributed by atoms with van der Waals surface area (Å²) in [6.07, 6.45) is 5.31. The minimum atomic E-state index is 0.0210. The van der Waals surface area contributed by atoms with Gasteiger partial charge in [0.1, 0.15) is 5.82 Å². The molecule has 0 spiro atoms. The first-order chi connectivity index (χ1) is 7.31. The quantitative estimate of drug-likeness (QED) is 0.763. The van der Waals surface area contributed by atoms with Gasteiger partial charge in [-0.15, -0.1) is 0 Å². The Morgan fingerprint density at radius 1 is 1.33 bits per heavy atom. The van der Waals surface area contributed by atoms with Gasteiger partial charge in [-0.1, -0.05) is 0 Å². The van der Waals surface area contributed by atoms with Gasteiger partial charge in [0.2, 0.25) is 0 Å². The maximum atomic E-state index is 11.7. The number of aryl methyl sites for hydroxylation is 2. The summed E-state index contributed by atoms with van der Waals surface area (Å²) in [4.78, 5) is 18.9. The van der Waals surface area contributed by atoms with Crippen LogP contribution in [-0.2, 0) is 19.3 Å². The second kappa shape index (κ2) is 4.57. The highest BCUT2D eigenvalue weighted by Crippen LogP contribution is 2.15. The topological polar surface area (TPSA) is 66.0 Å². The molecule has 0 atom stereocenters. The maximum absolute atomic E-state index is 11.7. The Kier molecular flexibility index (Phi) is 3.16. The number of hydrogen-bond donors (Lipinski definition) is 2. The molecule has 0 amide bonds. The Morgan fingerprint density at radius 2 is 2.13 bits per heavy atom. The van der Waals surface area contributed by atoms with Crippen molar-refractivity contribution >= 4 is 0 Å². The van der Waals surface area contributed by atoms with Gasteiger partial charge in [0.25, 0.3) is 5.56 Å². The average Bonchev–Trinajstić information content (AvgIpc) is 2.26. The van der Waals surface area contributed by atoms with Crippen LogP contribution in [0.3, 0.4) is 0 Å². The van der Waals surface area contributed by atoms with Crippen LogP contribution in [-0.4, -0.2) is 21.7 Å². The van der Waals surface area contributed by atoms with Crippen LogP contribution in [0.4, 0.5) is 0 Å². The SMILES string of the molecule is O=c1[nH]c(CCCO)nc2c1CCCC2. The molecule has 1 aliphatic carbocycles. The highest BCUT2D eigenvalue weighted by molar-refractivity contribution is 5.20. The van der Waals surface area contributed by atoms with Crippen LogP contribution in [0.5, 0.6) is 0 Å². The van der Waals surface area contributed by atoms with Crippen LogP contribution in [0.1, 0.15) is 36.3 Å². The third kappa shape index (κ3) is 2.26. The van der Waals surface area contributed by atoms with Crippen molar-refractivity contribution in [2.75, 3.05) is 6.61 Å². The molecule has 1 heterocycles. The minimum absolute atomic E-state index is 0.0210. The van der Waals surface area contributed by atoms with Crippen molar-refractivity contribution in [1.82, 2.24) is 9.97 Å². The number of rotatable bonds is 3. The molecule has 2 N–H and O–H groups in total. The number of aromatic nitrogens is 2. The molecule has 0 fully saturated rings. The highest BCUT2D eigenvalue weighted by Gasteiger charge is 2.14. The molecule has 2 rings (SSSR count). The van der Waals surface area contributed by atoms with E-state index in [4.69, 9.17) is 5.11 Å². The van der Waals surface area contributed by atoms with E-state index < -0.39 is 0 Å². The Balaban J connectivity index is 2.28. The predicted molar refractivity (Wildman–Crippen MR) is 56.9 cm³/mol. The summed E-state index contributed by atoms with van der Waals surface area (Å²) >= 11 is 0. The lowest BCUT2D eigenvalue weighted by molar-refractivity contribution is 0.287. The van der Waals surface area contributed by atoms with Gasteiger partial charge in [-0.25, -0.2) is 4.98 Å². The monoisotopic (exact) mass is 208 g/mol. The second-order valence-electron chi connectivity index (χ2n) is 3.97. The van der Waals surface area contributed by atoms with E-state index in [0.29, 0.717) is 12.8 Å². The fourth-order valence-electron chi connectivity index (χ4n) is 2.02. The van der Waals surface area contributed by atoms with Crippen molar-refractivity contribution in [1.29, 1.82) is 0 Å². The van der Waals surface area contributed by atoms with Crippen molar-refractivity contribution in [2.24, 2.45) is 0 Å². The van der Waals surface area contributed by atoms with E-state index in [2.05, 4.69) is 9.97 Å². The Labute approximate surface area is 88.4 Å². The highest BCUT2D eigenvalue weighted by atomic mass is 16.2. The zero-order valence-electron chi connectivity index (χ0n) is 8.75. The molecule has 0 aliphatic heterocycles. The smallest absolute Gasteiger partial charge is 0.254 e.